The number of hydrogen-bond donors (Lipinski definition) is 1. The van der Waals surface area contributed by atoms with Crippen molar-refractivity contribution in [1.29, 1.82) is 0 Å². The zero-order valence-corrected chi connectivity index (χ0v) is 15.9. The molecule has 0 saturated carbocycles. The number of fused-ring (bicyclic) bond motifs is 2. The van der Waals surface area contributed by atoms with Gasteiger partial charge in [0, 0.05) is 27.9 Å². The molecule has 1 radical (unpaired) electrons. The van der Waals surface area contributed by atoms with Crippen molar-refractivity contribution in [3.8, 4) is 0 Å². The van der Waals surface area contributed by atoms with Crippen molar-refractivity contribution < 1.29 is 5.21 Å². The second-order valence-corrected chi connectivity index (χ2v) is 8.69. The van der Waals surface area contributed by atoms with Crippen molar-refractivity contribution >= 4 is 27.5 Å². The summed E-state index contributed by atoms with van der Waals surface area (Å²) in [5.41, 5.74) is 2.33. The van der Waals surface area contributed by atoms with Gasteiger partial charge in [0.1, 0.15) is 0 Å². The number of hydrogen-bond acceptors (Lipinski definition) is 3. The van der Waals surface area contributed by atoms with E-state index >= 15 is 0 Å². The van der Waals surface area contributed by atoms with Gasteiger partial charge in [0.15, 0.2) is 0 Å². The predicted molar refractivity (Wildman–Crippen MR) is 107 cm³/mol. The molecule has 4 rings (SSSR count). The molecule has 0 amide bonds. The number of pyridine rings is 1. The lowest BCUT2D eigenvalue weighted by atomic mass is 9.79. The van der Waals surface area contributed by atoms with Crippen LogP contribution in [0.15, 0.2) is 48.5 Å². The average Bonchev–Trinajstić information content (AvgIpc) is 2.59. The summed E-state index contributed by atoms with van der Waals surface area (Å²) in [5, 5.41) is 20.0. The highest BCUT2D eigenvalue weighted by atomic mass is 16.5. The van der Waals surface area contributed by atoms with Gasteiger partial charge in [0.05, 0.1) is 16.7 Å². The van der Waals surface area contributed by atoms with Crippen LogP contribution in [0.5, 0.6) is 0 Å². The van der Waals surface area contributed by atoms with Crippen molar-refractivity contribution in [3.63, 3.8) is 0 Å². The molecule has 3 aromatic rings. The van der Waals surface area contributed by atoms with Crippen LogP contribution in [0.1, 0.15) is 40.5 Å². The SMILES string of the molecule is CC1(C)CC(Nc2c3ccccc3nc3ccccc23)CC(C)(C)N1[O]. The van der Waals surface area contributed by atoms with Gasteiger partial charge in [-0.25, -0.2) is 4.98 Å². The van der Waals surface area contributed by atoms with Gasteiger partial charge in [-0.15, -0.1) is 10.3 Å². The van der Waals surface area contributed by atoms with E-state index in [0.29, 0.717) is 0 Å². The van der Waals surface area contributed by atoms with Crippen LogP contribution in [0, 0.1) is 0 Å². The molecule has 0 aliphatic carbocycles. The molecule has 1 aliphatic rings. The first-order chi connectivity index (χ1) is 12.3. The third-order valence-corrected chi connectivity index (χ3v) is 5.53. The second-order valence-electron chi connectivity index (χ2n) is 8.69. The summed E-state index contributed by atoms with van der Waals surface area (Å²) in [6.45, 7) is 8.16. The first-order valence-electron chi connectivity index (χ1n) is 9.29. The topological polar surface area (TPSA) is 48.1 Å². The highest BCUT2D eigenvalue weighted by Crippen LogP contribution is 2.40. The Morgan fingerprint density at radius 2 is 1.35 bits per heavy atom. The maximum absolute atomic E-state index is 12.7. The number of piperidine rings is 1. The number of benzene rings is 2. The molecule has 0 atom stereocenters. The maximum atomic E-state index is 12.7. The molecule has 1 fully saturated rings. The van der Waals surface area contributed by atoms with Crippen molar-refractivity contribution in [2.75, 3.05) is 5.32 Å². The van der Waals surface area contributed by atoms with Gasteiger partial charge in [-0.1, -0.05) is 36.4 Å². The molecule has 1 aromatic heterocycles. The van der Waals surface area contributed by atoms with Crippen LogP contribution in [-0.4, -0.2) is 27.2 Å². The van der Waals surface area contributed by atoms with Crippen LogP contribution in [0.3, 0.4) is 0 Å². The van der Waals surface area contributed by atoms with E-state index in [1.54, 1.807) is 0 Å². The standard InChI is InChI=1S/C22H26N3O/c1-21(2)13-15(14-22(3,4)25(21)26)23-20-16-9-5-7-11-18(16)24-19-12-8-6-10-17(19)20/h5-12,15H,13-14H2,1-4H3,(H,23,24). The zero-order chi connectivity index (χ0) is 18.5. The third kappa shape index (κ3) is 2.83. The van der Waals surface area contributed by atoms with E-state index < -0.39 is 11.1 Å². The van der Waals surface area contributed by atoms with Crippen LogP contribution in [0.2, 0.25) is 0 Å². The normalized spacial score (nSPS) is 20.5. The van der Waals surface area contributed by atoms with E-state index in [0.717, 1.165) is 40.3 Å². The molecular weight excluding hydrogens is 322 g/mol. The number of nitrogens with one attached hydrogen (secondary N) is 1. The average molecular weight is 348 g/mol. The van der Waals surface area contributed by atoms with Crippen molar-refractivity contribution in [3.05, 3.63) is 48.5 Å². The maximum Gasteiger partial charge on any atom is 0.0730 e. The van der Waals surface area contributed by atoms with Crippen LogP contribution in [0.4, 0.5) is 5.69 Å². The summed E-state index contributed by atoms with van der Waals surface area (Å²) < 4.78 is 0. The highest BCUT2D eigenvalue weighted by molar-refractivity contribution is 6.07. The Morgan fingerprint density at radius 3 is 1.85 bits per heavy atom. The first-order valence-corrected chi connectivity index (χ1v) is 9.29. The summed E-state index contributed by atoms with van der Waals surface area (Å²) in [4.78, 5) is 4.80. The predicted octanol–water partition coefficient (Wildman–Crippen LogP) is 5.17. The first kappa shape index (κ1) is 17.3. The van der Waals surface area contributed by atoms with Crippen molar-refractivity contribution in [2.45, 2.75) is 57.7 Å². The minimum Gasteiger partial charge on any atom is -0.381 e. The Morgan fingerprint density at radius 1 is 0.885 bits per heavy atom. The van der Waals surface area contributed by atoms with Gasteiger partial charge in [-0.3, -0.25) is 0 Å². The third-order valence-electron chi connectivity index (χ3n) is 5.53. The lowest BCUT2D eigenvalue weighted by molar-refractivity contribution is -0.288. The van der Waals surface area contributed by atoms with Gasteiger partial charge in [-0.2, -0.15) is 0 Å². The van der Waals surface area contributed by atoms with Crippen molar-refractivity contribution in [2.24, 2.45) is 0 Å². The Hall–Kier alpha value is -2.17. The van der Waals surface area contributed by atoms with Crippen LogP contribution in [-0.2, 0) is 5.21 Å². The molecule has 4 nitrogen and oxygen atoms in total. The monoisotopic (exact) mass is 348 g/mol. The molecule has 2 aromatic carbocycles. The zero-order valence-electron chi connectivity index (χ0n) is 15.9. The van der Waals surface area contributed by atoms with Crippen LogP contribution < -0.4 is 5.32 Å². The van der Waals surface area contributed by atoms with Gasteiger partial charge < -0.3 is 5.32 Å². The molecule has 26 heavy (non-hydrogen) atoms. The smallest absolute Gasteiger partial charge is 0.0730 e. The molecule has 0 spiro atoms. The Kier molecular flexibility index (Phi) is 3.94. The van der Waals surface area contributed by atoms with Gasteiger partial charge >= 0.3 is 0 Å². The minimum absolute atomic E-state index is 0.236. The Balaban J connectivity index is 1.81. The summed E-state index contributed by atoms with van der Waals surface area (Å²) in [7, 11) is 0. The molecule has 1 saturated heterocycles. The lowest BCUT2D eigenvalue weighted by Crippen LogP contribution is -2.60. The number of hydroxylamine groups is 2. The highest BCUT2D eigenvalue weighted by Gasteiger charge is 2.46. The Bertz CT molecular complexity index is 892. The van der Waals surface area contributed by atoms with E-state index in [1.165, 1.54) is 5.06 Å². The largest absolute Gasteiger partial charge is 0.381 e. The fraction of sp³-hybridized carbons (Fsp3) is 0.409. The summed E-state index contributed by atoms with van der Waals surface area (Å²) in [5.74, 6) is 0. The fourth-order valence-corrected chi connectivity index (χ4v) is 4.56. The van der Waals surface area contributed by atoms with Crippen molar-refractivity contribution in [1.82, 2.24) is 10.0 Å². The minimum atomic E-state index is -0.391. The van der Waals surface area contributed by atoms with Crippen LogP contribution >= 0.6 is 0 Å². The van der Waals surface area contributed by atoms with Gasteiger partial charge in [0.2, 0.25) is 0 Å². The van der Waals surface area contributed by atoms with Gasteiger partial charge in [0.25, 0.3) is 0 Å². The van der Waals surface area contributed by atoms with Crippen LogP contribution in [0.25, 0.3) is 21.8 Å². The second kappa shape index (κ2) is 5.93. The van der Waals surface area contributed by atoms with E-state index in [2.05, 4.69) is 41.7 Å². The number of aromatic nitrogens is 1. The molecule has 135 valence electrons. The summed E-state index contributed by atoms with van der Waals surface area (Å²) >= 11 is 0. The van der Waals surface area contributed by atoms with Gasteiger partial charge in [-0.05, 0) is 52.7 Å². The van der Waals surface area contributed by atoms with E-state index in [4.69, 9.17) is 4.98 Å². The molecule has 2 heterocycles. The number of para-hydroxylation sites is 2. The molecule has 0 unspecified atom stereocenters. The fourth-order valence-electron chi connectivity index (χ4n) is 4.56. The number of nitrogens with zero attached hydrogens (tertiary/aromatic N) is 2. The van der Waals surface area contributed by atoms with E-state index in [9.17, 15) is 5.21 Å². The molecule has 1 N–H and O–H groups in total. The quantitative estimate of drug-likeness (QED) is 0.650. The Labute approximate surface area is 154 Å². The molecule has 4 heteroatoms. The van der Waals surface area contributed by atoms with E-state index in [1.807, 2.05) is 39.8 Å². The lowest BCUT2D eigenvalue weighted by Gasteiger charge is -2.50. The number of anilines is 1. The number of rotatable bonds is 2. The molecular formula is C22H26N3O. The van der Waals surface area contributed by atoms with E-state index in [-0.39, 0.29) is 6.04 Å². The summed E-state index contributed by atoms with van der Waals surface area (Å²) in [6, 6.07) is 16.7. The molecule has 1 aliphatic heterocycles. The summed E-state index contributed by atoms with van der Waals surface area (Å²) in [6.07, 6.45) is 1.62. The molecule has 0 bridgehead atoms.